The van der Waals surface area contributed by atoms with Gasteiger partial charge in [0.15, 0.2) is 10.8 Å². The quantitative estimate of drug-likeness (QED) is 0.272. The number of thioether (sulfide) groups is 1. The van der Waals surface area contributed by atoms with E-state index in [0.29, 0.717) is 49.3 Å². The van der Waals surface area contributed by atoms with Crippen molar-refractivity contribution in [2.24, 2.45) is 0 Å². The van der Waals surface area contributed by atoms with Crippen molar-refractivity contribution in [1.29, 1.82) is 0 Å². The maximum absolute atomic E-state index is 12.5. The summed E-state index contributed by atoms with van der Waals surface area (Å²) in [5.41, 5.74) is 1.22. The highest BCUT2D eigenvalue weighted by Crippen LogP contribution is 2.23. The van der Waals surface area contributed by atoms with Gasteiger partial charge in [0, 0.05) is 19.7 Å². The molecule has 0 unspecified atom stereocenters. The maximum Gasteiger partial charge on any atom is 0.255 e. The third kappa shape index (κ3) is 5.19. The second kappa shape index (κ2) is 10.8. The largest absolute Gasteiger partial charge is 0.496 e. The van der Waals surface area contributed by atoms with Gasteiger partial charge in [-0.3, -0.25) is 4.79 Å². The summed E-state index contributed by atoms with van der Waals surface area (Å²) in [5, 5.41) is 12.1. The number of para-hydroxylation sites is 1. The van der Waals surface area contributed by atoms with Crippen LogP contribution < -0.4 is 15.4 Å². The van der Waals surface area contributed by atoms with Gasteiger partial charge in [-0.25, -0.2) is 14.6 Å². The topological polar surface area (TPSA) is 103 Å². The number of nitrogens with one attached hydrogen (secondary N) is 2. The van der Waals surface area contributed by atoms with E-state index in [0.717, 1.165) is 16.9 Å². The van der Waals surface area contributed by atoms with Crippen molar-refractivity contribution in [3.63, 3.8) is 0 Å². The molecular weight excluding hydrogens is 404 g/mol. The molecule has 2 N–H and O–H groups in total. The summed E-state index contributed by atoms with van der Waals surface area (Å²) in [7, 11) is 1.55. The van der Waals surface area contributed by atoms with E-state index in [1.165, 1.54) is 11.8 Å². The first-order valence-electron chi connectivity index (χ1n) is 9.68. The van der Waals surface area contributed by atoms with Crippen molar-refractivity contribution >= 4 is 34.5 Å². The standard InChI is InChI=1S/C20H26N6O3S/c1-4-29-12-10-21-17-15-13-23-26(18(15)25-20(24-17)30-3)11-9-22-19(27)14-7-5-6-8-16(14)28-2/h5-8,13H,4,9-12H2,1-3H3,(H,22,27)(H,21,24,25). The van der Waals surface area contributed by atoms with Crippen molar-refractivity contribution in [2.45, 2.75) is 18.6 Å². The van der Waals surface area contributed by atoms with Gasteiger partial charge in [-0.1, -0.05) is 23.9 Å². The predicted octanol–water partition coefficient (Wildman–Crippen LogP) is 2.44. The number of hydrogen-bond acceptors (Lipinski definition) is 8. The number of fused-ring (bicyclic) bond motifs is 1. The molecule has 0 bridgehead atoms. The zero-order valence-electron chi connectivity index (χ0n) is 17.3. The SMILES string of the molecule is CCOCCNc1nc(SC)nc2c1cnn2CCNC(=O)c1ccccc1OC. The number of rotatable bonds is 11. The summed E-state index contributed by atoms with van der Waals surface area (Å²) in [5.74, 6) is 1.08. The van der Waals surface area contributed by atoms with E-state index in [9.17, 15) is 4.79 Å². The highest BCUT2D eigenvalue weighted by atomic mass is 32.2. The Kier molecular flexibility index (Phi) is 7.86. The van der Waals surface area contributed by atoms with E-state index < -0.39 is 0 Å². The molecule has 0 saturated heterocycles. The maximum atomic E-state index is 12.5. The van der Waals surface area contributed by atoms with Crippen molar-refractivity contribution in [3.8, 4) is 5.75 Å². The van der Waals surface area contributed by atoms with Gasteiger partial charge in [-0.05, 0) is 25.3 Å². The number of hydrogen-bond donors (Lipinski definition) is 2. The van der Waals surface area contributed by atoms with Crippen LogP contribution in [0.2, 0.25) is 0 Å². The Morgan fingerprint density at radius 3 is 2.83 bits per heavy atom. The zero-order valence-corrected chi connectivity index (χ0v) is 18.2. The Bertz CT molecular complexity index is 994. The van der Waals surface area contributed by atoms with Crippen LogP contribution in [-0.2, 0) is 11.3 Å². The lowest BCUT2D eigenvalue weighted by Gasteiger charge is -2.10. The Labute approximate surface area is 179 Å². The van der Waals surface area contributed by atoms with Gasteiger partial charge < -0.3 is 20.1 Å². The average molecular weight is 431 g/mol. The molecule has 0 radical (unpaired) electrons. The summed E-state index contributed by atoms with van der Waals surface area (Å²) >= 11 is 1.47. The van der Waals surface area contributed by atoms with Crippen LogP contribution >= 0.6 is 11.8 Å². The van der Waals surface area contributed by atoms with Gasteiger partial charge >= 0.3 is 0 Å². The van der Waals surface area contributed by atoms with Crippen LogP contribution in [0.3, 0.4) is 0 Å². The first-order valence-corrected chi connectivity index (χ1v) is 10.9. The van der Waals surface area contributed by atoms with E-state index in [1.54, 1.807) is 36.2 Å². The fraction of sp³-hybridized carbons (Fsp3) is 0.400. The molecule has 9 nitrogen and oxygen atoms in total. The Morgan fingerprint density at radius 1 is 1.23 bits per heavy atom. The van der Waals surface area contributed by atoms with Gasteiger partial charge in [0.05, 0.1) is 37.4 Å². The van der Waals surface area contributed by atoms with Crippen molar-refractivity contribution < 1.29 is 14.3 Å². The molecule has 10 heteroatoms. The number of ether oxygens (including phenoxy) is 2. The summed E-state index contributed by atoms with van der Waals surface area (Å²) in [4.78, 5) is 21.6. The molecule has 3 aromatic rings. The monoisotopic (exact) mass is 430 g/mol. The Hall–Kier alpha value is -2.85. The van der Waals surface area contributed by atoms with E-state index in [-0.39, 0.29) is 5.91 Å². The van der Waals surface area contributed by atoms with E-state index in [2.05, 4.69) is 25.7 Å². The molecule has 160 valence electrons. The smallest absolute Gasteiger partial charge is 0.255 e. The number of anilines is 1. The molecule has 3 rings (SSSR count). The van der Waals surface area contributed by atoms with E-state index in [1.807, 2.05) is 19.2 Å². The van der Waals surface area contributed by atoms with Crippen LogP contribution in [0.4, 0.5) is 5.82 Å². The molecule has 0 atom stereocenters. The van der Waals surface area contributed by atoms with Crippen molar-refractivity contribution in [1.82, 2.24) is 25.1 Å². The Morgan fingerprint density at radius 2 is 2.07 bits per heavy atom. The van der Waals surface area contributed by atoms with Gasteiger partial charge in [0.1, 0.15) is 11.6 Å². The van der Waals surface area contributed by atoms with Crippen molar-refractivity contribution in [2.75, 3.05) is 45.0 Å². The van der Waals surface area contributed by atoms with E-state index >= 15 is 0 Å². The second-order valence-corrected chi connectivity index (χ2v) is 7.02. The summed E-state index contributed by atoms with van der Waals surface area (Å²) < 4.78 is 12.4. The lowest BCUT2D eigenvalue weighted by Crippen LogP contribution is -2.28. The molecule has 0 spiro atoms. The fourth-order valence-corrected chi connectivity index (χ4v) is 3.27. The minimum atomic E-state index is -0.193. The third-order valence-corrected chi connectivity index (χ3v) is 4.91. The number of methoxy groups -OCH3 is 1. The highest BCUT2D eigenvalue weighted by molar-refractivity contribution is 7.98. The molecule has 0 fully saturated rings. The number of carbonyl (C=O) groups is 1. The van der Waals surface area contributed by atoms with E-state index in [4.69, 9.17) is 9.47 Å². The molecule has 30 heavy (non-hydrogen) atoms. The Balaban J connectivity index is 1.69. The first-order chi connectivity index (χ1) is 14.7. The van der Waals surface area contributed by atoms with Crippen LogP contribution in [0.25, 0.3) is 11.0 Å². The van der Waals surface area contributed by atoms with Crippen LogP contribution in [0.1, 0.15) is 17.3 Å². The van der Waals surface area contributed by atoms with Crippen LogP contribution in [0.5, 0.6) is 5.75 Å². The van der Waals surface area contributed by atoms with Gasteiger partial charge in [-0.2, -0.15) is 5.10 Å². The highest BCUT2D eigenvalue weighted by Gasteiger charge is 2.14. The lowest BCUT2D eigenvalue weighted by atomic mass is 10.2. The zero-order chi connectivity index (χ0) is 21.3. The molecule has 0 aliphatic carbocycles. The van der Waals surface area contributed by atoms with Crippen LogP contribution in [-0.4, -0.2) is 65.3 Å². The van der Waals surface area contributed by atoms with Crippen LogP contribution in [0.15, 0.2) is 35.6 Å². The number of nitrogens with zero attached hydrogens (tertiary/aromatic N) is 4. The molecule has 1 amide bonds. The number of aromatic nitrogens is 4. The summed E-state index contributed by atoms with van der Waals surface area (Å²) in [6.07, 6.45) is 3.67. The number of carbonyl (C=O) groups excluding carboxylic acids is 1. The molecule has 2 aromatic heterocycles. The van der Waals surface area contributed by atoms with Gasteiger partial charge in [0.2, 0.25) is 0 Å². The first kappa shape index (κ1) is 21.8. The lowest BCUT2D eigenvalue weighted by molar-refractivity contribution is 0.0949. The summed E-state index contributed by atoms with van der Waals surface area (Å²) in [6, 6.07) is 7.13. The molecule has 0 aliphatic heterocycles. The molecule has 0 aliphatic rings. The molecular formula is C20H26N6O3S. The van der Waals surface area contributed by atoms with Crippen LogP contribution in [0, 0.1) is 0 Å². The van der Waals surface area contributed by atoms with Gasteiger partial charge in [-0.15, -0.1) is 0 Å². The predicted molar refractivity (Wildman–Crippen MR) is 117 cm³/mol. The molecule has 2 heterocycles. The van der Waals surface area contributed by atoms with Crippen molar-refractivity contribution in [3.05, 3.63) is 36.0 Å². The molecule has 0 saturated carbocycles. The number of amides is 1. The summed E-state index contributed by atoms with van der Waals surface area (Å²) in [6.45, 7) is 4.77. The fourth-order valence-electron chi connectivity index (χ4n) is 2.91. The van der Waals surface area contributed by atoms with Gasteiger partial charge in [0.25, 0.3) is 5.91 Å². The second-order valence-electron chi connectivity index (χ2n) is 6.24. The minimum Gasteiger partial charge on any atom is -0.496 e. The number of benzene rings is 1. The minimum absolute atomic E-state index is 0.193. The average Bonchev–Trinajstić information content (AvgIpc) is 3.19. The normalized spacial score (nSPS) is 10.9. The molecule has 1 aromatic carbocycles. The third-order valence-electron chi connectivity index (χ3n) is 4.36.